The van der Waals surface area contributed by atoms with Crippen LogP contribution in [0.2, 0.25) is 0 Å². The standard InChI is InChI=1S/C10H22N2O/c1-9-6-5-7-12(8-9)11-13-10(2,3)4/h9,11H,5-8H2,1-4H3. The maximum atomic E-state index is 5.49. The molecule has 1 heterocycles. The van der Waals surface area contributed by atoms with Crippen LogP contribution in [0.5, 0.6) is 0 Å². The van der Waals surface area contributed by atoms with Crippen molar-refractivity contribution >= 4 is 0 Å². The fourth-order valence-corrected chi connectivity index (χ4v) is 1.47. The zero-order valence-electron chi connectivity index (χ0n) is 9.26. The van der Waals surface area contributed by atoms with Crippen LogP contribution < -0.4 is 5.59 Å². The van der Waals surface area contributed by atoms with Gasteiger partial charge in [-0.2, -0.15) is 0 Å². The Hall–Kier alpha value is -0.120. The number of nitrogens with zero attached hydrogens (tertiary/aromatic N) is 1. The second-order valence-corrected chi connectivity index (χ2v) is 5.00. The molecular formula is C10H22N2O. The van der Waals surface area contributed by atoms with E-state index in [0.29, 0.717) is 0 Å². The zero-order valence-corrected chi connectivity index (χ0v) is 9.26. The summed E-state index contributed by atoms with van der Waals surface area (Å²) in [6.45, 7) is 10.6. The number of piperidine rings is 1. The van der Waals surface area contributed by atoms with Gasteiger partial charge >= 0.3 is 0 Å². The summed E-state index contributed by atoms with van der Waals surface area (Å²) in [5.74, 6) is 0.782. The Labute approximate surface area is 81.4 Å². The van der Waals surface area contributed by atoms with Crippen LogP contribution in [-0.4, -0.2) is 23.7 Å². The first kappa shape index (κ1) is 11.0. The smallest absolute Gasteiger partial charge is 0.0829 e. The van der Waals surface area contributed by atoms with Crippen molar-refractivity contribution in [2.75, 3.05) is 13.1 Å². The first-order chi connectivity index (χ1) is 5.97. The van der Waals surface area contributed by atoms with Crippen molar-refractivity contribution < 1.29 is 4.84 Å². The summed E-state index contributed by atoms with van der Waals surface area (Å²) >= 11 is 0. The van der Waals surface area contributed by atoms with Gasteiger partial charge in [0.2, 0.25) is 0 Å². The van der Waals surface area contributed by atoms with E-state index < -0.39 is 0 Å². The van der Waals surface area contributed by atoms with Crippen LogP contribution in [0.15, 0.2) is 0 Å². The van der Waals surface area contributed by atoms with Crippen LogP contribution in [0.4, 0.5) is 0 Å². The van der Waals surface area contributed by atoms with Gasteiger partial charge < -0.3 is 0 Å². The molecule has 1 saturated heterocycles. The molecule has 0 spiro atoms. The quantitative estimate of drug-likeness (QED) is 0.667. The maximum Gasteiger partial charge on any atom is 0.0829 e. The molecule has 1 unspecified atom stereocenters. The lowest BCUT2D eigenvalue weighted by Crippen LogP contribution is -2.47. The summed E-state index contributed by atoms with van der Waals surface area (Å²) in [4.78, 5) is 5.49. The summed E-state index contributed by atoms with van der Waals surface area (Å²) in [5, 5.41) is 2.17. The van der Waals surface area contributed by atoms with Gasteiger partial charge in [-0.1, -0.05) is 6.92 Å². The summed E-state index contributed by atoms with van der Waals surface area (Å²) in [7, 11) is 0. The molecule has 0 aromatic heterocycles. The van der Waals surface area contributed by atoms with E-state index in [-0.39, 0.29) is 5.60 Å². The van der Waals surface area contributed by atoms with Gasteiger partial charge in [0, 0.05) is 13.1 Å². The molecule has 1 fully saturated rings. The molecule has 0 radical (unpaired) electrons. The molecule has 1 atom stereocenters. The van der Waals surface area contributed by atoms with E-state index in [9.17, 15) is 0 Å². The van der Waals surface area contributed by atoms with Crippen molar-refractivity contribution in [2.24, 2.45) is 5.92 Å². The van der Waals surface area contributed by atoms with Crippen LogP contribution in [0.3, 0.4) is 0 Å². The van der Waals surface area contributed by atoms with Crippen molar-refractivity contribution in [3.63, 3.8) is 0 Å². The number of nitrogens with one attached hydrogen (secondary N) is 1. The van der Waals surface area contributed by atoms with E-state index in [1.54, 1.807) is 0 Å². The Bertz CT molecular complexity index is 153. The van der Waals surface area contributed by atoms with Crippen LogP contribution in [0, 0.1) is 5.92 Å². The lowest BCUT2D eigenvalue weighted by atomic mass is 10.0. The second kappa shape index (κ2) is 4.40. The largest absolute Gasteiger partial charge is 0.281 e. The van der Waals surface area contributed by atoms with Gasteiger partial charge in [0.1, 0.15) is 0 Å². The summed E-state index contributed by atoms with van der Waals surface area (Å²) in [6, 6.07) is 0. The van der Waals surface area contributed by atoms with Crippen molar-refractivity contribution in [1.82, 2.24) is 10.6 Å². The fraction of sp³-hybridized carbons (Fsp3) is 1.00. The van der Waals surface area contributed by atoms with Crippen molar-refractivity contribution in [1.29, 1.82) is 0 Å². The van der Waals surface area contributed by atoms with Gasteiger partial charge in [-0.05, 0) is 39.5 Å². The Morgan fingerprint density at radius 2 is 2.08 bits per heavy atom. The predicted molar refractivity (Wildman–Crippen MR) is 53.9 cm³/mol. The second-order valence-electron chi connectivity index (χ2n) is 5.00. The number of hydrazine groups is 1. The minimum Gasteiger partial charge on any atom is -0.281 e. The maximum absolute atomic E-state index is 5.49. The van der Waals surface area contributed by atoms with Gasteiger partial charge in [0.15, 0.2) is 0 Å². The molecule has 0 aromatic rings. The predicted octanol–water partition coefficient (Wildman–Crippen LogP) is 1.95. The van der Waals surface area contributed by atoms with Crippen molar-refractivity contribution in [3.8, 4) is 0 Å². The van der Waals surface area contributed by atoms with E-state index in [1.807, 2.05) is 20.8 Å². The third-order valence-corrected chi connectivity index (χ3v) is 2.14. The monoisotopic (exact) mass is 186 g/mol. The summed E-state index contributed by atoms with van der Waals surface area (Å²) in [5.41, 5.74) is 2.91. The molecular weight excluding hydrogens is 164 g/mol. The third-order valence-electron chi connectivity index (χ3n) is 2.14. The van der Waals surface area contributed by atoms with E-state index in [2.05, 4.69) is 17.5 Å². The van der Waals surface area contributed by atoms with E-state index >= 15 is 0 Å². The minimum atomic E-state index is -0.110. The molecule has 1 aliphatic rings. The number of hydrogen-bond donors (Lipinski definition) is 1. The molecule has 0 aliphatic carbocycles. The average Bonchev–Trinajstić information content (AvgIpc) is 2.00. The highest BCUT2D eigenvalue weighted by atomic mass is 16.7. The van der Waals surface area contributed by atoms with Gasteiger partial charge in [-0.25, -0.2) is 5.01 Å². The van der Waals surface area contributed by atoms with Gasteiger partial charge in [-0.3, -0.25) is 4.84 Å². The Morgan fingerprint density at radius 1 is 1.38 bits per heavy atom. The molecule has 0 amide bonds. The lowest BCUT2D eigenvalue weighted by molar-refractivity contribution is -0.163. The molecule has 3 nitrogen and oxygen atoms in total. The first-order valence-corrected chi connectivity index (χ1v) is 5.16. The van der Waals surface area contributed by atoms with Gasteiger partial charge in [0.05, 0.1) is 5.60 Å². The SMILES string of the molecule is CC1CCCN(NOC(C)(C)C)C1. The molecule has 1 aliphatic heterocycles. The highest BCUT2D eigenvalue weighted by Gasteiger charge is 2.18. The summed E-state index contributed by atoms with van der Waals surface area (Å²) < 4.78 is 0. The molecule has 3 heteroatoms. The Balaban J connectivity index is 2.21. The van der Waals surface area contributed by atoms with Crippen LogP contribution in [0.1, 0.15) is 40.5 Å². The molecule has 78 valence electrons. The van der Waals surface area contributed by atoms with Crippen LogP contribution in [-0.2, 0) is 4.84 Å². The fourth-order valence-electron chi connectivity index (χ4n) is 1.47. The minimum absolute atomic E-state index is 0.110. The van der Waals surface area contributed by atoms with Crippen molar-refractivity contribution in [2.45, 2.75) is 46.1 Å². The topological polar surface area (TPSA) is 24.5 Å². The van der Waals surface area contributed by atoms with Gasteiger partial charge in [0.25, 0.3) is 0 Å². The summed E-state index contributed by atoms with van der Waals surface area (Å²) in [6.07, 6.45) is 2.61. The molecule has 1 rings (SSSR count). The lowest BCUT2D eigenvalue weighted by Gasteiger charge is -2.33. The van der Waals surface area contributed by atoms with Gasteiger partial charge in [-0.15, -0.1) is 5.59 Å². The third kappa shape index (κ3) is 4.60. The van der Waals surface area contributed by atoms with Crippen molar-refractivity contribution in [3.05, 3.63) is 0 Å². The Morgan fingerprint density at radius 3 is 2.62 bits per heavy atom. The average molecular weight is 186 g/mol. The van der Waals surface area contributed by atoms with Crippen LogP contribution in [0.25, 0.3) is 0 Å². The molecule has 0 bridgehead atoms. The highest BCUT2D eigenvalue weighted by molar-refractivity contribution is 4.66. The Kier molecular flexibility index (Phi) is 3.71. The normalized spacial score (nSPS) is 26.3. The molecule has 0 saturated carbocycles. The zero-order chi connectivity index (χ0) is 9.90. The molecule has 13 heavy (non-hydrogen) atoms. The number of rotatable bonds is 2. The first-order valence-electron chi connectivity index (χ1n) is 5.16. The highest BCUT2D eigenvalue weighted by Crippen LogP contribution is 2.14. The van der Waals surface area contributed by atoms with E-state index in [0.717, 1.165) is 19.0 Å². The molecule has 1 N–H and O–H groups in total. The number of hydrogen-bond acceptors (Lipinski definition) is 3. The van der Waals surface area contributed by atoms with E-state index in [1.165, 1.54) is 12.8 Å². The van der Waals surface area contributed by atoms with Crippen LogP contribution >= 0.6 is 0 Å². The van der Waals surface area contributed by atoms with E-state index in [4.69, 9.17) is 4.84 Å². The molecule has 0 aromatic carbocycles.